The van der Waals surface area contributed by atoms with Crippen LogP contribution >= 0.6 is 0 Å². The molecule has 2 N–H and O–H groups in total. The molecule has 0 saturated carbocycles. The normalized spacial score (nSPS) is 14.9. The summed E-state index contributed by atoms with van der Waals surface area (Å²) in [6.07, 6.45) is 8.03. The van der Waals surface area contributed by atoms with Crippen molar-refractivity contribution in [1.82, 2.24) is 29.4 Å². The molecule has 0 bridgehead atoms. The van der Waals surface area contributed by atoms with Crippen LogP contribution in [-0.4, -0.2) is 42.5 Å². The Labute approximate surface area is 210 Å². The molecule has 0 spiro atoms. The Morgan fingerprint density at radius 1 is 0.806 bits per heavy atom. The highest BCUT2D eigenvalue weighted by Crippen LogP contribution is 2.31. The third-order valence-corrected chi connectivity index (χ3v) is 6.96. The maximum Gasteiger partial charge on any atom is 0.178 e. The first-order chi connectivity index (χ1) is 17.8. The highest BCUT2D eigenvalue weighted by Gasteiger charge is 2.21. The van der Waals surface area contributed by atoms with E-state index in [2.05, 4.69) is 62.0 Å². The molecule has 1 aliphatic heterocycles. The number of hydrogen-bond donors (Lipinski definition) is 1. The average molecular weight is 476 g/mol. The molecule has 7 heteroatoms. The zero-order valence-electron chi connectivity index (χ0n) is 20.2. The minimum Gasteiger partial charge on any atom is -0.334 e. The van der Waals surface area contributed by atoms with E-state index in [0.29, 0.717) is 18.2 Å². The number of rotatable bonds is 6. The van der Waals surface area contributed by atoms with E-state index in [0.717, 1.165) is 66.2 Å². The number of nitrogens with two attached hydrogens (primary N) is 1. The molecule has 180 valence electrons. The van der Waals surface area contributed by atoms with Crippen molar-refractivity contribution in [3.05, 3.63) is 96.7 Å². The van der Waals surface area contributed by atoms with Gasteiger partial charge >= 0.3 is 0 Å². The van der Waals surface area contributed by atoms with Crippen LogP contribution in [0.5, 0.6) is 0 Å². The van der Waals surface area contributed by atoms with Gasteiger partial charge in [-0.1, -0.05) is 54.6 Å². The van der Waals surface area contributed by atoms with Gasteiger partial charge in [-0.15, -0.1) is 0 Å². The first-order valence-electron chi connectivity index (χ1n) is 12.5. The SMILES string of the molecule is NCc1cn(C2CCN(Cc3ccc(-c4nc5ncccc5nc4-c4ccccc4)cc3)CC2)cn1. The molecular formula is C29H29N7. The van der Waals surface area contributed by atoms with Crippen LogP contribution in [0.2, 0.25) is 0 Å². The summed E-state index contributed by atoms with van der Waals surface area (Å²) < 4.78 is 2.23. The fourth-order valence-electron chi connectivity index (χ4n) is 4.98. The van der Waals surface area contributed by atoms with E-state index in [1.165, 1.54) is 5.56 Å². The van der Waals surface area contributed by atoms with Crippen LogP contribution in [0, 0.1) is 0 Å². The van der Waals surface area contributed by atoms with Gasteiger partial charge in [0.15, 0.2) is 5.65 Å². The van der Waals surface area contributed by atoms with Crippen LogP contribution < -0.4 is 5.73 Å². The first-order valence-corrected chi connectivity index (χ1v) is 12.5. The minimum absolute atomic E-state index is 0.496. The Morgan fingerprint density at radius 2 is 1.56 bits per heavy atom. The van der Waals surface area contributed by atoms with Crippen molar-refractivity contribution in [3.63, 3.8) is 0 Å². The summed E-state index contributed by atoms with van der Waals surface area (Å²) >= 11 is 0. The molecule has 6 rings (SSSR count). The van der Waals surface area contributed by atoms with Crippen LogP contribution in [0.3, 0.4) is 0 Å². The zero-order chi connectivity index (χ0) is 24.3. The van der Waals surface area contributed by atoms with Crippen molar-refractivity contribution >= 4 is 11.2 Å². The second kappa shape index (κ2) is 9.97. The molecule has 0 radical (unpaired) electrons. The van der Waals surface area contributed by atoms with Crippen molar-refractivity contribution in [1.29, 1.82) is 0 Å². The summed E-state index contributed by atoms with van der Waals surface area (Å²) in [7, 11) is 0. The van der Waals surface area contributed by atoms with E-state index >= 15 is 0 Å². The van der Waals surface area contributed by atoms with Crippen molar-refractivity contribution < 1.29 is 0 Å². The van der Waals surface area contributed by atoms with Gasteiger partial charge in [0.25, 0.3) is 0 Å². The number of piperidine rings is 1. The molecule has 1 saturated heterocycles. The largest absolute Gasteiger partial charge is 0.334 e. The number of fused-ring (bicyclic) bond motifs is 1. The number of likely N-dealkylation sites (tertiary alicyclic amines) is 1. The third kappa shape index (κ3) is 4.63. The third-order valence-electron chi connectivity index (χ3n) is 6.96. The van der Waals surface area contributed by atoms with Gasteiger partial charge in [-0.25, -0.2) is 19.9 Å². The smallest absolute Gasteiger partial charge is 0.178 e. The number of hydrogen-bond acceptors (Lipinski definition) is 6. The predicted octanol–water partition coefficient (Wildman–Crippen LogP) is 4.85. The topological polar surface area (TPSA) is 85.8 Å². The van der Waals surface area contributed by atoms with Gasteiger partial charge < -0.3 is 10.3 Å². The summed E-state index contributed by atoms with van der Waals surface area (Å²) in [4.78, 5) is 21.2. The van der Waals surface area contributed by atoms with Gasteiger partial charge in [-0.05, 0) is 30.5 Å². The molecule has 7 nitrogen and oxygen atoms in total. The molecule has 1 aliphatic rings. The fourth-order valence-corrected chi connectivity index (χ4v) is 4.98. The maximum absolute atomic E-state index is 5.72. The Hall–Kier alpha value is -3.94. The Kier molecular flexibility index (Phi) is 6.24. The quantitative estimate of drug-likeness (QED) is 0.378. The van der Waals surface area contributed by atoms with Crippen LogP contribution in [0.4, 0.5) is 0 Å². The second-order valence-corrected chi connectivity index (χ2v) is 9.35. The molecule has 0 amide bonds. The number of imidazole rings is 1. The van der Waals surface area contributed by atoms with Crippen LogP contribution in [0.25, 0.3) is 33.7 Å². The summed E-state index contributed by atoms with van der Waals surface area (Å²) in [6.45, 7) is 3.59. The van der Waals surface area contributed by atoms with E-state index in [-0.39, 0.29) is 0 Å². The standard InChI is InChI=1S/C29H29N7/c30-17-24-19-36(20-32-24)25-12-15-35(16-13-25)18-21-8-10-23(11-9-21)28-27(22-5-2-1-3-6-22)33-26-7-4-14-31-29(26)34-28/h1-11,14,19-20,25H,12-13,15-18,30H2. The monoisotopic (exact) mass is 475 g/mol. The summed E-state index contributed by atoms with van der Waals surface area (Å²) in [5, 5.41) is 0. The Bertz CT molecular complexity index is 1450. The van der Waals surface area contributed by atoms with Gasteiger partial charge in [-0.2, -0.15) is 0 Å². The zero-order valence-corrected chi connectivity index (χ0v) is 20.2. The van der Waals surface area contributed by atoms with Gasteiger partial charge in [-0.3, -0.25) is 4.90 Å². The second-order valence-electron chi connectivity index (χ2n) is 9.35. The van der Waals surface area contributed by atoms with E-state index < -0.39 is 0 Å². The Balaban J connectivity index is 1.19. The minimum atomic E-state index is 0.496. The molecule has 0 aliphatic carbocycles. The van der Waals surface area contributed by atoms with E-state index in [1.807, 2.05) is 36.7 Å². The van der Waals surface area contributed by atoms with Crippen LogP contribution in [0.1, 0.15) is 30.1 Å². The fraction of sp³-hybridized carbons (Fsp3) is 0.241. The van der Waals surface area contributed by atoms with E-state index in [9.17, 15) is 0 Å². The van der Waals surface area contributed by atoms with Crippen LogP contribution in [-0.2, 0) is 13.1 Å². The highest BCUT2D eigenvalue weighted by molar-refractivity contribution is 5.84. The molecule has 0 atom stereocenters. The van der Waals surface area contributed by atoms with Crippen LogP contribution in [0.15, 0.2) is 85.5 Å². The maximum atomic E-state index is 5.72. The molecule has 1 fully saturated rings. The summed E-state index contributed by atoms with van der Waals surface area (Å²) in [5.74, 6) is 0. The van der Waals surface area contributed by atoms with E-state index in [1.54, 1.807) is 6.20 Å². The molecule has 5 aromatic rings. The Morgan fingerprint density at radius 3 is 2.31 bits per heavy atom. The number of aromatic nitrogens is 5. The molecule has 36 heavy (non-hydrogen) atoms. The average Bonchev–Trinajstić information content (AvgIpc) is 3.43. The summed E-state index contributed by atoms with van der Waals surface area (Å²) in [6, 6.07) is 23.3. The lowest BCUT2D eigenvalue weighted by Crippen LogP contribution is -2.33. The number of benzene rings is 2. The number of pyridine rings is 1. The van der Waals surface area contributed by atoms with Crippen molar-refractivity contribution in [2.75, 3.05) is 13.1 Å². The predicted molar refractivity (Wildman–Crippen MR) is 142 cm³/mol. The molecular weight excluding hydrogens is 446 g/mol. The van der Waals surface area contributed by atoms with Crippen molar-refractivity contribution in [3.8, 4) is 22.5 Å². The molecule has 2 aromatic carbocycles. The molecule has 4 heterocycles. The van der Waals surface area contributed by atoms with Crippen molar-refractivity contribution in [2.24, 2.45) is 5.73 Å². The van der Waals surface area contributed by atoms with Gasteiger partial charge in [0.2, 0.25) is 0 Å². The lowest BCUT2D eigenvalue weighted by atomic mass is 10.0. The molecule has 3 aromatic heterocycles. The first kappa shape index (κ1) is 22.5. The van der Waals surface area contributed by atoms with Crippen molar-refractivity contribution in [2.45, 2.75) is 32.0 Å². The summed E-state index contributed by atoms with van der Waals surface area (Å²) in [5.41, 5.74) is 13.3. The lowest BCUT2D eigenvalue weighted by molar-refractivity contribution is 0.179. The molecule has 0 unspecified atom stereocenters. The number of nitrogens with zero attached hydrogens (tertiary/aromatic N) is 6. The highest BCUT2D eigenvalue weighted by atomic mass is 15.2. The van der Waals surface area contributed by atoms with E-state index in [4.69, 9.17) is 15.7 Å². The van der Waals surface area contributed by atoms with Gasteiger partial charge in [0.1, 0.15) is 5.52 Å². The van der Waals surface area contributed by atoms with Gasteiger partial charge in [0.05, 0.1) is 23.4 Å². The lowest BCUT2D eigenvalue weighted by Gasteiger charge is -2.32. The van der Waals surface area contributed by atoms with Gasteiger partial charge in [0, 0.05) is 55.7 Å².